The number of nitriles is 1. The number of hydrogen-bond acceptors (Lipinski definition) is 4. The topological polar surface area (TPSA) is 52.8 Å². The molecule has 0 amide bonds. The molecular weight excluding hydrogens is 236 g/mol. The Morgan fingerprint density at radius 1 is 1.16 bits per heavy atom. The van der Waals surface area contributed by atoms with Crippen molar-refractivity contribution in [3.63, 3.8) is 0 Å². The number of aromatic nitrogens is 2. The van der Waals surface area contributed by atoms with Crippen molar-refractivity contribution in [3.8, 4) is 6.07 Å². The van der Waals surface area contributed by atoms with Crippen LogP contribution < -0.4 is 4.90 Å². The molecule has 19 heavy (non-hydrogen) atoms. The van der Waals surface area contributed by atoms with E-state index >= 15 is 0 Å². The molecule has 0 atom stereocenters. The Labute approximate surface area is 114 Å². The van der Waals surface area contributed by atoms with Crippen molar-refractivity contribution < 1.29 is 0 Å². The maximum Gasteiger partial charge on any atom is 0.226 e. The van der Waals surface area contributed by atoms with Gasteiger partial charge >= 0.3 is 0 Å². The fourth-order valence-corrected chi connectivity index (χ4v) is 3.02. The number of aryl methyl sites for hydroxylation is 1. The maximum atomic E-state index is 9.30. The molecule has 0 unspecified atom stereocenters. The lowest BCUT2D eigenvalue weighted by Gasteiger charge is -2.31. The number of rotatable bonds is 1. The number of anilines is 1. The number of piperidine rings is 1. The molecule has 1 aliphatic carbocycles. The van der Waals surface area contributed by atoms with E-state index in [9.17, 15) is 5.26 Å². The second kappa shape index (κ2) is 5.16. The van der Waals surface area contributed by atoms with Crippen LogP contribution in [0.3, 0.4) is 0 Å². The Bertz CT molecular complexity index is 510. The van der Waals surface area contributed by atoms with Crippen LogP contribution in [0.4, 0.5) is 5.95 Å². The first kappa shape index (κ1) is 12.4. The average molecular weight is 256 g/mol. The third kappa shape index (κ3) is 2.42. The second-order valence-corrected chi connectivity index (χ2v) is 5.79. The highest BCUT2D eigenvalue weighted by Gasteiger charge is 2.22. The third-order valence-corrected chi connectivity index (χ3v) is 4.34. The lowest BCUT2D eigenvalue weighted by Crippen LogP contribution is -2.34. The smallest absolute Gasteiger partial charge is 0.226 e. The van der Waals surface area contributed by atoms with Crippen molar-refractivity contribution in [2.75, 3.05) is 18.0 Å². The van der Waals surface area contributed by atoms with E-state index < -0.39 is 0 Å². The van der Waals surface area contributed by atoms with Crippen LogP contribution in [0, 0.1) is 17.2 Å². The molecule has 1 aromatic heterocycles. The van der Waals surface area contributed by atoms with Gasteiger partial charge in [0.25, 0.3) is 0 Å². The van der Waals surface area contributed by atoms with Gasteiger partial charge in [0, 0.05) is 18.7 Å². The first-order valence-corrected chi connectivity index (χ1v) is 7.33. The predicted molar refractivity (Wildman–Crippen MR) is 74.0 cm³/mol. The van der Waals surface area contributed by atoms with Gasteiger partial charge in [-0.15, -0.1) is 0 Å². The van der Waals surface area contributed by atoms with Gasteiger partial charge in [-0.2, -0.15) is 5.26 Å². The summed E-state index contributed by atoms with van der Waals surface area (Å²) in [4.78, 5) is 11.5. The summed E-state index contributed by atoms with van der Waals surface area (Å²) in [6, 6.07) is 2.27. The Kier molecular flexibility index (Phi) is 3.37. The quantitative estimate of drug-likeness (QED) is 0.774. The van der Waals surface area contributed by atoms with Gasteiger partial charge in [-0.25, -0.2) is 9.97 Å². The molecule has 2 heterocycles. The minimum atomic E-state index is 0.610. The van der Waals surface area contributed by atoms with Gasteiger partial charge in [0.1, 0.15) is 11.8 Å². The molecule has 1 aliphatic heterocycles. The van der Waals surface area contributed by atoms with Crippen LogP contribution in [0.25, 0.3) is 0 Å². The van der Waals surface area contributed by atoms with Gasteiger partial charge in [-0.1, -0.05) is 6.92 Å². The minimum absolute atomic E-state index is 0.610. The van der Waals surface area contributed by atoms with Gasteiger partial charge in [0.05, 0.1) is 5.69 Å². The normalized spacial score (nSPS) is 19.9. The van der Waals surface area contributed by atoms with Crippen LogP contribution in [0.2, 0.25) is 0 Å². The molecule has 2 aliphatic rings. The van der Waals surface area contributed by atoms with Crippen LogP contribution in [0.5, 0.6) is 0 Å². The van der Waals surface area contributed by atoms with Crippen molar-refractivity contribution in [1.82, 2.24) is 9.97 Å². The molecule has 4 nitrogen and oxygen atoms in total. The molecule has 0 aromatic carbocycles. The van der Waals surface area contributed by atoms with E-state index in [1.807, 2.05) is 0 Å². The lowest BCUT2D eigenvalue weighted by atomic mass is 9.95. The van der Waals surface area contributed by atoms with Crippen LogP contribution in [-0.4, -0.2) is 23.1 Å². The fourth-order valence-electron chi connectivity index (χ4n) is 3.02. The van der Waals surface area contributed by atoms with Gasteiger partial charge < -0.3 is 4.90 Å². The summed E-state index contributed by atoms with van der Waals surface area (Å²) in [6.45, 7) is 4.33. The minimum Gasteiger partial charge on any atom is -0.341 e. The van der Waals surface area contributed by atoms with E-state index in [2.05, 4.69) is 22.9 Å². The Hall–Kier alpha value is -1.63. The maximum absolute atomic E-state index is 9.30. The predicted octanol–water partition coefficient (Wildman–Crippen LogP) is 2.46. The summed E-state index contributed by atoms with van der Waals surface area (Å²) in [6.07, 6.45) is 6.71. The molecule has 100 valence electrons. The molecule has 0 saturated carbocycles. The summed E-state index contributed by atoms with van der Waals surface area (Å²) in [5.74, 6) is 1.58. The van der Waals surface area contributed by atoms with Crippen LogP contribution in [0.1, 0.15) is 49.6 Å². The van der Waals surface area contributed by atoms with E-state index in [0.717, 1.165) is 55.5 Å². The van der Waals surface area contributed by atoms with Crippen molar-refractivity contribution in [2.24, 2.45) is 5.92 Å². The van der Waals surface area contributed by atoms with Gasteiger partial charge in [0.15, 0.2) is 0 Å². The van der Waals surface area contributed by atoms with Crippen molar-refractivity contribution >= 4 is 5.95 Å². The molecule has 1 aromatic rings. The first-order chi connectivity index (χ1) is 9.28. The van der Waals surface area contributed by atoms with Crippen LogP contribution in [-0.2, 0) is 12.8 Å². The summed E-state index contributed by atoms with van der Waals surface area (Å²) in [5.41, 5.74) is 2.83. The molecule has 1 fully saturated rings. The van der Waals surface area contributed by atoms with E-state index in [1.54, 1.807) is 0 Å². The molecule has 0 N–H and O–H groups in total. The third-order valence-electron chi connectivity index (χ3n) is 4.34. The molecule has 4 heteroatoms. The summed E-state index contributed by atoms with van der Waals surface area (Å²) >= 11 is 0. The fraction of sp³-hybridized carbons (Fsp3) is 0.667. The SMILES string of the molecule is CC1CCN(c2nc(C#N)c3c(n2)CCCC3)CC1. The molecule has 3 rings (SSSR count). The molecule has 0 bridgehead atoms. The summed E-state index contributed by atoms with van der Waals surface area (Å²) < 4.78 is 0. The molecule has 0 radical (unpaired) electrons. The summed E-state index contributed by atoms with van der Waals surface area (Å²) in [7, 11) is 0. The summed E-state index contributed by atoms with van der Waals surface area (Å²) in [5, 5.41) is 9.30. The monoisotopic (exact) mass is 256 g/mol. The van der Waals surface area contributed by atoms with E-state index in [0.29, 0.717) is 5.69 Å². The van der Waals surface area contributed by atoms with E-state index in [1.165, 1.54) is 19.3 Å². The van der Waals surface area contributed by atoms with Gasteiger partial charge in [-0.05, 0) is 44.4 Å². The van der Waals surface area contributed by atoms with Crippen molar-refractivity contribution in [3.05, 3.63) is 17.0 Å². The number of fused-ring (bicyclic) bond motifs is 1. The molecule has 0 spiro atoms. The largest absolute Gasteiger partial charge is 0.341 e. The van der Waals surface area contributed by atoms with Crippen LogP contribution in [0.15, 0.2) is 0 Å². The van der Waals surface area contributed by atoms with E-state index in [-0.39, 0.29) is 0 Å². The number of nitrogens with zero attached hydrogens (tertiary/aromatic N) is 4. The molecular formula is C15H20N4. The zero-order valence-corrected chi connectivity index (χ0v) is 11.5. The first-order valence-electron chi connectivity index (χ1n) is 7.33. The second-order valence-electron chi connectivity index (χ2n) is 5.79. The Morgan fingerprint density at radius 2 is 1.89 bits per heavy atom. The highest BCUT2D eigenvalue weighted by atomic mass is 15.3. The Balaban J connectivity index is 1.92. The number of hydrogen-bond donors (Lipinski definition) is 0. The van der Waals surface area contributed by atoms with Gasteiger partial charge in [-0.3, -0.25) is 0 Å². The van der Waals surface area contributed by atoms with Crippen molar-refractivity contribution in [2.45, 2.75) is 45.4 Å². The average Bonchev–Trinajstić information content (AvgIpc) is 2.47. The van der Waals surface area contributed by atoms with E-state index in [4.69, 9.17) is 4.98 Å². The zero-order chi connectivity index (χ0) is 13.2. The van der Waals surface area contributed by atoms with Crippen LogP contribution >= 0.6 is 0 Å². The highest BCUT2D eigenvalue weighted by Crippen LogP contribution is 2.26. The Morgan fingerprint density at radius 3 is 2.63 bits per heavy atom. The van der Waals surface area contributed by atoms with Gasteiger partial charge in [0.2, 0.25) is 5.95 Å². The lowest BCUT2D eigenvalue weighted by molar-refractivity contribution is 0.433. The van der Waals surface area contributed by atoms with Crippen molar-refractivity contribution in [1.29, 1.82) is 5.26 Å². The molecule has 1 saturated heterocycles. The standard InChI is InChI=1S/C15H20N4/c1-11-6-8-19(9-7-11)15-17-13-5-3-2-4-12(13)14(10-16)18-15/h11H,2-9H2,1H3. The zero-order valence-electron chi connectivity index (χ0n) is 11.5. The highest BCUT2D eigenvalue weighted by molar-refractivity contribution is 5.43.